The van der Waals surface area contributed by atoms with Crippen molar-refractivity contribution >= 4 is 0 Å². The lowest BCUT2D eigenvalue weighted by atomic mass is 9.90. The number of pyridine rings is 1. The minimum absolute atomic E-state index is 0.365. The van der Waals surface area contributed by atoms with Crippen molar-refractivity contribution in [2.24, 2.45) is 5.92 Å². The van der Waals surface area contributed by atoms with Gasteiger partial charge in [0, 0.05) is 32.2 Å². The van der Waals surface area contributed by atoms with Crippen molar-refractivity contribution < 1.29 is 4.74 Å². The number of aryl methyl sites for hydroxylation is 1. The summed E-state index contributed by atoms with van der Waals surface area (Å²) in [5, 5.41) is 3.55. The highest BCUT2D eigenvalue weighted by Gasteiger charge is 2.19. The summed E-state index contributed by atoms with van der Waals surface area (Å²) in [6.45, 7) is 8.32. The highest BCUT2D eigenvalue weighted by Crippen LogP contribution is 2.26. The number of rotatable bonds is 7. The predicted octanol–water partition coefficient (Wildman–Crippen LogP) is 2.71. The van der Waals surface area contributed by atoms with E-state index in [1.54, 1.807) is 7.11 Å². The van der Waals surface area contributed by atoms with Crippen molar-refractivity contribution in [3.63, 3.8) is 0 Å². The maximum atomic E-state index is 5.16. The van der Waals surface area contributed by atoms with Crippen LogP contribution in [-0.4, -0.2) is 25.2 Å². The van der Waals surface area contributed by atoms with Gasteiger partial charge in [-0.05, 0) is 43.0 Å². The Morgan fingerprint density at radius 1 is 1.47 bits per heavy atom. The van der Waals surface area contributed by atoms with Gasteiger partial charge in [0.1, 0.15) is 0 Å². The fourth-order valence-corrected chi connectivity index (χ4v) is 2.11. The lowest BCUT2D eigenvalue weighted by Crippen LogP contribution is -2.28. The van der Waals surface area contributed by atoms with E-state index in [2.05, 4.69) is 37.1 Å². The molecule has 0 fully saturated rings. The molecule has 3 nitrogen and oxygen atoms in total. The second kappa shape index (κ2) is 7.41. The smallest absolute Gasteiger partial charge is 0.0465 e. The summed E-state index contributed by atoms with van der Waals surface area (Å²) in [5.74, 6) is 0.540. The molecule has 0 aromatic carbocycles. The molecule has 0 aliphatic rings. The molecule has 1 heterocycles. The van der Waals surface area contributed by atoms with E-state index in [9.17, 15) is 0 Å². The van der Waals surface area contributed by atoms with Crippen molar-refractivity contribution in [3.05, 3.63) is 29.6 Å². The van der Waals surface area contributed by atoms with Crippen molar-refractivity contribution in [2.75, 3.05) is 20.3 Å². The third kappa shape index (κ3) is 4.10. The van der Waals surface area contributed by atoms with Crippen LogP contribution in [0.2, 0.25) is 0 Å². The minimum Gasteiger partial charge on any atom is -0.385 e. The molecule has 0 saturated heterocycles. The molecule has 1 aromatic heterocycles. The molecule has 2 unspecified atom stereocenters. The Balaban J connectivity index is 2.81. The zero-order valence-corrected chi connectivity index (χ0v) is 11.4. The summed E-state index contributed by atoms with van der Waals surface area (Å²) < 4.78 is 5.16. The molecule has 96 valence electrons. The molecule has 0 aliphatic carbocycles. The minimum atomic E-state index is 0.365. The zero-order chi connectivity index (χ0) is 12.7. The average Bonchev–Trinajstić information content (AvgIpc) is 2.34. The molecular formula is C14H24N2O. The second-order valence-corrected chi connectivity index (χ2v) is 4.53. The Morgan fingerprint density at radius 3 is 2.82 bits per heavy atom. The summed E-state index contributed by atoms with van der Waals surface area (Å²) in [6, 6.07) is 2.44. The average molecular weight is 236 g/mol. The highest BCUT2D eigenvalue weighted by molar-refractivity contribution is 5.25. The number of nitrogens with one attached hydrogen (secondary N) is 1. The van der Waals surface area contributed by atoms with Crippen molar-refractivity contribution in [3.8, 4) is 0 Å². The summed E-state index contributed by atoms with van der Waals surface area (Å²) in [6.07, 6.45) is 4.89. The van der Waals surface area contributed by atoms with Gasteiger partial charge >= 0.3 is 0 Å². The third-order valence-corrected chi connectivity index (χ3v) is 3.19. The molecule has 0 aliphatic heterocycles. The van der Waals surface area contributed by atoms with Crippen LogP contribution < -0.4 is 5.32 Å². The van der Waals surface area contributed by atoms with Crippen molar-refractivity contribution in [1.29, 1.82) is 0 Å². The molecule has 0 saturated carbocycles. The first-order valence-electron chi connectivity index (χ1n) is 6.33. The van der Waals surface area contributed by atoms with Gasteiger partial charge in [-0.1, -0.05) is 13.8 Å². The fraction of sp³-hybridized carbons (Fsp3) is 0.643. The first kappa shape index (κ1) is 14.1. The SMILES string of the molecule is CCNC(c1cnccc1C)C(C)CCOC. The normalized spacial score (nSPS) is 14.6. The summed E-state index contributed by atoms with van der Waals surface area (Å²) in [4.78, 5) is 4.24. The van der Waals surface area contributed by atoms with Gasteiger partial charge in [-0.25, -0.2) is 0 Å². The van der Waals surface area contributed by atoms with E-state index in [1.807, 2.05) is 12.4 Å². The van der Waals surface area contributed by atoms with Crippen LogP contribution in [0.25, 0.3) is 0 Å². The van der Waals surface area contributed by atoms with Gasteiger partial charge in [-0.2, -0.15) is 0 Å². The topological polar surface area (TPSA) is 34.2 Å². The molecule has 1 rings (SSSR count). The maximum Gasteiger partial charge on any atom is 0.0465 e. The van der Waals surface area contributed by atoms with Crippen LogP contribution >= 0.6 is 0 Å². The van der Waals surface area contributed by atoms with Gasteiger partial charge in [-0.15, -0.1) is 0 Å². The van der Waals surface area contributed by atoms with E-state index in [4.69, 9.17) is 4.74 Å². The number of methoxy groups -OCH3 is 1. The van der Waals surface area contributed by atoms with Crippen LogP contribution in [0.15, 0.2) is 18.5 Å². The molecule has 3 heteroatoms. The standard InChI is InChI=1S/C14H24N2O/c1-5-16-14(12(3)7-9-17-4)13-10-15-8-6-11(13)2/h6,8,10,12,14,16H,5,7,9H2,1-4H3. The summed E-state index contributed by atoms with van der Waals surface area (Å²) >= 11 is 0. The Kier molecular flexibility index (Phi) is 6.16. The quantitative estimate of drug-likeness (QED) is 0.790. The van der Waals surface area contributed by atoms with Crippen LogP contribution in [-0.2, 0) is 4.74 Å². The molecule has 1 N–H and O–H groups in total. The second-order valence-electron chi connectivity index (χ2n) is 4.53. The van der Waals surface area contributed by atoms with Gasteiger partial charge < -0.3 is 10.1 Å². The Morgan fingerprint density at radius 2 is 2.24 bits per heavy atom. The Labute approximate surface area is 105 Å². The van der Waals surface area contributed by atoms with Gasteiger partial charge in [0.25, 0.3) is 0 Å². The molecule has 0 radical (unpaired) electrons. The van der Waals surface area contributed by atoms with E-state index < -0.39 is 0 Å². The number of nitrogens with zero attached hydrogens (tertiary/aromatic N) is 1. The number of aromatic nitrogens is 1. The molecule has 0 amide bonds. The first-order valence-corrected chi connectivity index (χ1v) is 6.33. The van der Waals surface area contributed by atoms with Crippen LogP contribution in [0.4, 0.5) is 0 Å². The molecule has 17 heavy (non-hydrogen) atoms. The Hall–Kier alpha value is -0.930. The monoisotopic (exact) mass is 236 g/mol. The van der Waals surface area contributed by atoms with Gasteiger partial charge in [0.2, 0.25) is 0 Å². The number of hydrogen-bond donors (Lipinski definition) is 1. The lowest BCUT2D eigenvalue weighted by Gasteiger charge is -2.26. The van der Waals surface area contributed by atoms with Crippen LogP contribution in [0, 0.1) is 12.8 Å². The zero-order valence-electron chi connectivity index (χ0n) is 11.4. The van der Waals surface area contributed by atoms with Crippen LogP contribution in [0.1, 0.15) is 37.4 Å². The van der Waals surface area contributed by atoms with E-state index in [0.29, 0.717) is 12.0 Å². The van der Waals surface area contributed by atoms with Gasteiger partial charge in [0.05, 0.1) is 0 Å². The summed E-state index contributed by atoms with van der Waals surface area (Å²) in [7, 11) is 1.75. The Bertz CT molecular complexity index is 328. The molecular weight excluding hydrogens is 212 g/mol. The maximum absolute atomic E-state index is 5.16. The lowest BCUT2D eigenvalue weighted by molar-refractivity contribution is 0.170. The van der Waals surface area contributed by atoms with Crippen LogP contribution in [0.5, 0.6) is 0 Å². The predicted molar refractivity (Wildman–Crippen MR) is 71.0 cm³/mol. The largest absolute Gasteiger partial charge is 0.385 e. The van der Waals surface area contributed by atoms with Crippen molar-refractivity contribution in [1.82, 2.24) is 10.3 Å². The molecule has 0 bridgehead atoms. The number of ether oxygens (including phenoxy) is 1. The third-order valence-electron chi connectivity index (χ3n) is 3.19. The molecule has 2 atom stereocenters. The first-order chi connectivity index (χ1) is 8.20. The number of hydrogen-bond acceptors (Lipinski definition) is 3. The van der Waals surface area contributed by atoms with Crippen molar-refractivity contribution in [2.45, 2.75) is 33.2 Å². The molecule has 1 aromatic rings. The van der Waals surface area contributed by atoms with Crippen LogP contribution in [0.3, 0.4) is 0 Å². The summed E-state index contributed by atoms with van der Waals surface area (Å²) in [5.41, 5.74) is 2.60. The molecule has 0 spiro atoms. The van der Waals surface area contributed by atoms with E-state index in [-0.39, 0.29) is 0 Å². The highest BCUT2D eigenvalue weighted by atomic mass is 16.5. The van der Waals surface area contributed by atoms with E-state index in [0.717, 1.165) is 19.6 Å². The van der Waals surface area contributed by atoms with E-state index in [1.165, 1.54) is 11.1 Å². The fourth-order valence-electron chi connectivity index (χ4n) is 2.11. The van der Waals surface area contributed by atoms with E-state index >= 15 is 0 Å². The van der Waals surface area contributed by atoms with Gasteiger partial charge in [-0.3, -0.25) is 4.98 Å². The van der Waals surface area contributed by atoms with Gasteiger partial charge in [0.15, 0.2) is 0 Å².